The maximum Gasteiger partial charge on any atom is 0.161 e. The molecular formula is C6H10O5S. The molecular weight excluding hydrogens is 184 g/mol. The molecule has 0 radical (unpaired) electrons. The quantitative estimate of drug-likeness (QED) is 0.398. The molecule has 2 bridgehead atoms. The fourth-order valence-electron chi connectivity index (χ4n) is 1.53. The van der Waals surface area contributed by atoms with E-state index in [0.717, 1.165) is 0 Å². The first kappa shape index (κ1) is 8.58. The molecule has 6 heteroatoms. The molecule has 12 heavy (non-hydrogen) atoms. The summed E-state index contributed by atoms with van der Waals surface area (Å²) in [5, 5.41) is 27.8. The first-order valence-corrected chi connectivity index (χ1v) is 5.06. The second-order valence-electron chi connectivity index (χ2n) is 3.06. The number of ether oxygens (including phenoxy) is 1. The van der Waals surface area contributed by atoms with Gasteiger partial charge in [0.05, 0.1) is 22.7 Å². The Bertz CT molecular complexity index is 218. The van der Waals surface area contributed by atoms with E-state index in [2.05, 4.69) is 0 Å². The van der Waals surface area contributed by atoms with Gasteiger partial charge < -0.3 is 20.1 Å². The van der Waals surface area contributed by atoms with Crippen LogP contribution in [0.3, 0.4) is 0 Å². The summed E-state index contributed by atoms with van der Waals surface area (Å²) in [7, 11) is -1.29. The lowest BCUT2D eigenvalue weighted by atomic mass is 10.0. The fourth-order valence-corrected chi connectivity index (χ4v) is 3.06. The molecule has 1 unspecified atom stereocenters. The van der Waals surface area contributed by atoms with E-state index in [0.29, 0.717) is 0 Å². The largest absolute Gasteiger partial charge is 0.388 e. The Balaban J connectivity index is 2.25. The maximum atomic E-state index is 11.2. The van der Waals surface area contributed by atoms with Crippen molar-refractivity contribution in [1.82, 2.24) is 0 Å². The van der Waals surface area contributed by atoms with Crippen molar-refractivity contribution < 1.29 is 24.3 Å². The van der Waals surface area contributed by atoms with Crippen LogP contribution in [0.1, 0.15) is 0 Å². The molecule has 2 aliphatic heterocycles. The van der Waals surface area contributed by atoms with E-state index in [1.807, 2.05) is 0 Å². The van der Waals surface area contributed by atoms with Crippen molar-refractivity contribution in [3.63, 3.8) is 0 Å². The molecule has 3 N–H and O–H groups in total. The first-order chi connectivity index (χ1) is 5.61. The summed E-state index contributed by atoms with van der Waals surface area (Å²) in [5.41, 5.74) is -0.826. The molecule has 70 valence electrons. The third kappa shape index (κ3) is 1.03. The Morgan fingerprint density at radius 1 is 1.17 bits per heavy atom. The smallest absolute Gasteiger partial charge is 0.161 e. The Morgan fingerprint density at radius 3 is 2.50 bits per heavy atom. The Kier molecular flexibility index (Phi) is 1.96. The van der Waals surface area contributed by atoms with Gasteiger partial charge in [0.2, 0.25) is 0 Å². The van der Waals surface area contributed by atoms with Crippen LogP contribution in [0.2, 0.25) is 0 Å². The van der Waals surface area contributed by atoms with Crippen LogP contribution in [0.25, 0.3) is 0 Å². The molecule has 0 spiro atoms. The predicted molar refractivity (Wildman–Crippen MR) is 39.7 cm³/mol. The molecule has 5 nitrogen and oxygen atoms in total. The number of rotatable bonds is 0. The standard InChI is InChI=1S/C6H10O5S/c7-3-2-1-12(10)6(11-2)5(9)4(3)8/h2-9H,1H2/t2-,3+,4+,5-,6+,12?/m1/s1. The van der Waals surface area contributed by atoms with Gasteiger partial charge in [0, 0.05) is 0 Å². The average molecular weight is 194 g/mol. The van der Waals surface area contributed by atoms with Crippen molar-refractivity contribution in [2.75, 3.05) is 5.75 Å². The van der Waals surface area contributed by atoms with Crippen molar-refractivity contribution in [3.05, 3.63) is 0 Å². The zero-order valence-electron chi connectivity index (χ0n) is 6.16. The van der Waals surface area contributed by atoms with Crippen molar-refractivity contribution in [2.45, 2.75) is 29.9 Å². The SMILES string of the molecule is O=S1C[C@H]2O[C@@H]1[C@H](O)[C@@H](O)[C@H]2O. The van der Waals surface area contributed by atoms with Crippen molar-refractivity contribution in [1.29, 1.82) is 0 Å². The molecule has 0 aromatic heterocycles. The van der Waals surface area contributed by atoms with Gasteiger partial charge in [-0.05, 0) is 0 Å². The van der Waals surface area contributed by atoms with Crippen molar-refractivity contribution in [2.24, 2.45) is 0 Å². The summed E-state index contributed by atoms with van der Waals surface area (Å²) in [4.78, 5) is 0. The van der Waals surface area contributed by atoms with Gasteiger partial charge in [-0.3, -0.25) is 4.21 Å². The summed E-state index contributed by atoms with van der Waals surface area (Å²) in [5.74, 6) is 0.194. The van der Waals surface area contributed by atoms with Crippen molar-refractivity contribution >= 4 is 10.8 Å². The lowest BCUT2D eigenvalue weighted by Gasteiger charge is -2.32. The van der Waals surface area contributed by atoms with Gasteiger partial charge in [0.1, 0.15) is 18.3 Å². The number of hydrogen-bond donors (Lipinski definition) is 3. The Hall–Kier alpha value is -0.0100. The van der Waals surface area contributed by atoms with Crippen molar-refractivity contribution in [3.8, 4) is 0 Å². The van der Waals surface area contributed by atoms with E-state index in [4.69, 9.17) is 4.74 Å². The Labute approximate surface area is 71.4 Å². The van der Waals surface area contributed by atoms with E-state index < -0.39 is 40.7 Å². The van der Waals surface area contributed by atoms with Gasteiger partial charge in [-0.25, -0.2) is 0 Å². The molecule has 0 aromatic rings. The molecule has 0 amide bonds. The molecule has 2 fully saturated rings. The minimum atomic E-state index is -1.29. The highest BCUT2D eigenvalue weighted by atomic mass is 32.2. The van der Waals surface area contributed by atoms with Crippen LogP contribution in [0.15, 0.2) is 0 Å². The van der Waals surface area contributed by atoms with Crippen LogP contribution in [0, 0.1) is 0 Å². The molecule has 2 rings (SSSR count). The third-order valence-electron chi connectivity index (χ3n) is 2.26. The van der Waals surface area contributed by atoms with E-state index in [1.54, 1.807) is 0 Å². The van der Waals surface area contributed by atoms with Gasteiger partial charge in [-0.1, -0.05) is 0 Å². The summed E-state index contributed by atoms with van der Waals surface area (Å²) >= 11 is 0. The highest BCUT2D eigenvalue weighted by Gasteiger charge is 2.51. The summed E-state index contributed by atoms with van der Waals surface area (Å²) in [6.07, 6.45) is -4.18. The van der Waals surface area contributed by atoms with Gasteiger partial charge in [0.25, 0.3) is 0 Å². The molecule has 0 aliphatic carbocycles. The number of fused-ring (bicyclic) bond motifs is 2. The number of hydrogen-bond acceptors (Lipinski definition) is 5. The molecule has 0 saturated carbocycles. The normalized spacial score (nSPS) is 58.9. The summed E-state index contributed by atoms with van der Waals surface area (Å²) in [6, 6.07) is 0. The number of aliphatic hydroxyl groups is 3. The third-order valence-corrected chi connectivity index (χ3v) is 3.82. The second-order valence-corrected chi connectivity index (χ2v) is 4.62. The lowest BCUT2D eigenvalue weighted by Crippen LogP contribution is -2.53. The first-order valence-electron chi connectivity index (χ1n) is 3.68. The average Bonchev–Trinajstić information content (AvgIpc) is 2.39. The molecule has 6 atom stereocenters. The monoisotopic (exact) mass is 194 g/mol. The Morgan fingerprint density at radius 2 is 1.83 bits per heavy atom. The maximum absolute atomic E-state index is 11.2. The summed E-state index contributed by atoms with van der Waals surface area (Å²) in [6.45, 7) is 0. The highest BCUT2D eigenvalue weighted by Crippen LogP contribution is 2.30. The van der Waals surface area contributed by atoms with Gasteiger partial charge in [-0.15, -0.1) is 0 Å². The molecule has 2 heterocycles. The predicted octanol–water partition coefficient (Wildman–Crippen LogP) is -2.44. The van der Waals surface area contributed by atoms with E-state index >= 15 is 0 Å². The fraction of sp³-hybridized carbons (Fsp3) is 1.00. The lowest BCUT2D eigenvalue weighted by molar-refractivity contribution is -0.183. The van der Waals surface area contributed by atoms with E-state index in [9.17, 15) is 19.5 Å². The van der Waals surface area contributed by atoms with Crippen LogP contribution in [-0.2, 0) is 15.5 Å². The van der Waals surface area contributed by atoms with Crippen LogP contribution in [0.4, 0.5) is 0 Å². The van der Waals surface area contributed by atoms with Crippen LogP contribution in [0.5, 0.6) is 0 Å². The second kappa shape index (κ2) is 2.74. The molecule has 2 aliphatic rings. The van der Waals surface area contributed by atoms with Gasteiger partial charge >= 0.3 is 0 Å². The number of aliphatic hydroxyl groups excluding tert-OH is 3. The van der Waals surface area contributed by atoms with Crippen LogP contribution < -0.4 is 0 Å². The molecule has 0 aromatic carbocycles. The van der Waals surface area contributed by atoms with Crippen LogP contribution in [-0.4, -0.2) is 55.1 Å². The zero-order valence-corrected chi connectivity index (χ0v) is 6.98. The minimum absolute atomic E-state index is 0.194. The van der Waals surface area contributed by atoms with Gasteiger partial charge in [0.15, 0.2) is 5.44 Å². The zero-order chi connectivity index (χ0) is 8.88. The topological polar surface area (TPSA) is 87.0 Å². The van der Waals surface area contributed by atoms with Crippen LogP contribution >= 0.6 is 0 Å². The summed E-state index contributed by atoms with van der Waals surface area (Å²) < 4.78 is 16.2. The minimum Gasteiger partial charge on any atom is -0.388 e. The van der Waals surface area contributed by atoms with Gasteiger partial charge in [-0.2, -0.15) is 0 Å². The highest BCUT2D eigenvalue weighted by molar-refractivity contribution is 7.85. The molecule has 2 saturated heterocycles. The van der Waals surface area contributed by atoms with E-state index in [-0.39, 0.29) is 5.75 Å². The van der Waals surface area contributed by atoms with E-state index in [1.165, 1.54) is 0 Å².